The number of hydrogen-bond donors (Lipinski definition) is 1. The first kappa shape index (κ1) is 12.9. The number of likely N-dealkylation sites (tertiary alicyclic amines) is 1. The van der Waals surface area contributed by atoms with E-state index < -0.39 is 0 Å². The molecule has 1 N–H and O–H groups in total. The summed E-state index contributed by atoms with van der Waals surface area (Å²) >= 11 is 3.37. The Morgan fingerprint density at radius 2 is 2.18 bits per heavy atom. The van der Waals surface area contributed by atoms with E-state index in [0.29, 0.717) is 11.8 Å². The molecule has 0 saturated carbocycles. The van der Waals surface area contributed by atoms with Gasteiger partial charge in [0.2, 0.25) is 0 Å². The predicted molar refractivity (Wildman–Crippen MR) is 74.1 cm³/mol. The lowest BCUT2D eigenvalue weighted by Gasteiger charge is -2.36. The number of nitrogens with zero attached hydrogens (tertiary/aromatic N) is 1. The Morgan fingerprint density at radius 3 is 2.88 bits per heavy atom. The molecule has 0 aromatic heterocycles. The quantitative estimate of drug-likeness (QED) is 0.898. The maximum Gasteiger partial charge on any atom is 0.134 e. The van der Waals surface area contributed by atoms with Crippen LogP contribution >= 0.6 is 15.9 Å². The van der Waals surface area contributed by atoms with Crippen LogP contribution in [0.2, 0.25) is 0 Å². The highest BCUT2D eigenvalue weighted by Gasteiger charge is 2.23. The van der Waals surface area contributed by atoms with E-state index in [9.17, 15) is 5.11 Å². The number of rotatable bonds is 2. The van der Waals surface area contributed by atoms with Crippen molar-refractivity contribution in [3.63, 3.8) is 0 Å². The average Bonchev–Trinajstić information content (AvgIpc) is 2.28. The Morgan fingerprint density at radius 1 is 1.41 bits per heavy atom. The van der Waals surface area contributed by atoms with Gasteiger partial charge < -0.3 is 5.11 Å². The minimum absolute atomic E-state index is 0.387. The Kier molecular flexibility index (Phi) is 4.10. The number of aromatic hydroxyl groups is 1. The third-order valence-electron chi connectivity index (χ3n) is 3.72. The van der Waals surface area contributed by atoms with Gasteiger partial charge in [-0.05, 0) is 54.2 Å². The van der Waals surface area contributed by atoms with Crippen molar-refractivity contribution in [2.75, 3.05) is 6.54 Å². The molecule has 0 aliphatic carbocycles. The van der Waals surface area contributed by atoms with Crippen LogP contribution in [0.4, 0.5) is 0 Å². The minimum atomic E-state index is 0.387. The highest BCUT2D eigenvalue weighted by atomic mass is 79.9. The monoisotopic (exact) mass is 297 g/mol. The molecule has 1 aliphatic heterocycles. The summed E-state index contributed by atoms with van der Waals surface area (Å²) < 4.78 is 0.785. The molecule has 1 heterocycles. The smallest absolute Gasteiger partial charge is 0.134 e. The summed E-state index contributed by atoms with van der Waals surface area (Å²) in [5.41, 5.74) is 1.01. The molecule has 2 rings (SSSR count). The van der Waals surface area contributed by atoms with Gasteiger partial charge in [0.05, 0.1) is 4.47 Å². The number of hydrogen-bond acceptors (Lipinski definition) is 2. The van der Waals surface area contributed by atoms with Gasteiger partial charge in [-0.1, -0.05) is 19.1 Å². The fourth-order valence-corrected chi connectivity index (χ4v) is 3.00. The third-order valence-corrected chi connectivity index (χ3v) is 4.36. The Balaban J connectivity index is 2.08. The highest BCUT2D eigenvalue weighted by Crippen LogP contribution is 2.30. The largest absolute Gasteiger partial charge is 0.506 e. The summed E-state index contributed by atoms with van der Waals surface area (Å²) in [6, 6.07) is 6.47. The Labute approximate surface area is 112 Å². The normalized spacial score (nSPS) is 26.1. The topological polar surface area (TPSA) is 23.5 Å². The van der Waals surface area contributed by atoms with Crippen molar-refractivity contribution in [2.45, 2.75) is 39.3 Å². The molecule has 0 radical (unpaired) electrons. The van der Waals surface area contributed by atoms with E-state index in [2.05, 4.69) is 34.7 Å². The van der Waals surface area contributed by atoms with E-state index in [4.69, 9.17) is 0 Å². The fraction of sp³-hybridized carbons (Fsp3) is 0.571. The Hall–Kier alpha value is -0.540. The van der Waals surface area contributed by atoms with Crippen LogP contribution in [-0.4, -0.2) is 22.6 Å². The van der Waals surface area contributed by atoms with Crippen molar-refractivity contribution in [3.8, 4) is 5.75 Å². The summed E-state index contributed by atoms with van der Waals surface area (Å²) in [5, 5.41) is 9.99. The van der Waals surface area contributed by atoms with Gasteiger partial charge in [0.25, 0.3) is 0 Å². The molecule has 2 unspecified atom stereocenters. The molecule has 1 aromatic rings. The second kappa shape index (κ2) is 5.40. The van der Waals surface area contributed by atoms with Gasteiger partial charge >= 0.3 is 0 Å². The first-order valence-corrected chi connectivity index (χ1v) is 7.07. The number of piperidine rings is 1. The highest BCUT2D eigenvalue weighted by molar-refractivity contribution is 9.10. The van der Waals surface area contributed by atoms with E-state index in [-0.39, 0.29) is 0 Å². The molecule has 1 saturated heterocycles. The average molecular weight is 298 g/mol. The molecule has 0 amide bonds. The van der Waals surface area contributed by atoms with Gasteiger partial charge in [-0.2, -0.15) is 0 Å². The van der Waals surface area contributed by atoms with E-state index in [0.717, 1.165) is 29.0 Å². The van der Waals surface area contributed by atoms with Crippen molar-refractivity contribution in [1.29, 1.82) is 0 Å². The summed E-state index contributed by atoms with van der Waals surface area (Å²) in [4.78, 5) is 2.46. The molecule has 1 aromatic carbocycles. The number of halogens is 1. The Bertz CT molecular complexity index is 394. The van der Waals surface area contributed by atoms with Gasteiger partial charge in [-0.25, -0.2) is 0 Å². The van der Waals surface area contributed by atoms with Gasteiger partial charge in [0.15, 0.2) is 0 Å². The van der Waals surface area contributed by atoms with Crippen molar-refractivity contribution in [2.24, 2.45) is 5.92 Å². The lowest BCUT2D eigenvalue weighted by Crippen LogP contribution is -2.39. The van der Waals surface area contributed by atoms with E-state index in [1.807, 2.05) is 18.2 Å². The molecule has 2 atom stereocenters. The molecular formula is C14H20BrNO. The summed E-state index contributed by atoms with van der Waals surface area (Å²) in [6.07, 6.45) is 2.52. The zero-order chi connectivity index (χ0) is 12.4. The zero-order valence-electron chi connectivity index (χ0n) is 10.5. The maximum absolute atomic E-state index is 9.99. The molecule has 1 fully saturated rings. The third kappa shape index (κ3) is 3.02. The van der Waals surface area contributed by atoms with Crippen LogP contribution in [0.1, 0.15) is 32.3 Å². The van der Waals surface area contributed by atoms with Crippen molar-refractivity contribution in [3.05, 3.63) is 28.2 Å². The second-order valence-corrected chi connectivity index (χ2v) is 6.05. The lowest BCUT2D eigenvalue weighted by molar-refractivity contribution is 0.121. The van der Waals surface area contributed by atoms with Gasteiger partial charge in [0, 0.05) is 18.2 Å². The molecule has 2 nitrogen and oxygen atoms in total. The first-order chi connectivity index (χ1) is 8.08. The molecular weight excluding hydrogens is 278 g/mol. The molecule has 3 heteroatoms. The number of phenols is 1. The molecule has 0 bridgehead atoms. The molecule has 1 aliphatic rings. The van der Waals surface area contributed by atoms with Gasteiger partial charge in [-0.3, -0.25) is 4.90 Å². The minimum Gasteiger partial charge on any atom is -0.506 e. The standard InChI is InChI=1S/C14H20BrNO/c1-10-6-7-16(11(2)8-10)9-12-4-3-5-13(15)14(12)17/h3-5,10-11,17H,6-9H2,1-2H3. The summed E-state index contributed by atoms with van der Waals surface area (Å²) in [5.74, 6) is 1.22. The number of benzene rings is 1. The van der Waals surface area contributed by atoms with Crippen molar-refractivity contribution < 1.29 is 5.11 Å². The van der Waals surface area contributed by atoms with E-state index in [1.165, 1.54) is 12.8 Å². The van der Waals surface area contributed by atoms with Crippen LogP contribution in [0.3, 0.4) is 0 Å². The van der Waals surface area contributed by atoms with Crippen LogP contribution < -0.4 is 0 Å². The maximum atomic E-state index is 9.99. The molecule has 94 valence electrons. The second-order valence-electron chi connectivity index (χ2n) is 5.20. The fourth-order valence-electron chi connectivity index (χ4n) is 2.60. The summed E-state index contributed by atoms with van der Waals surface area (Å²) in [6.45, 7) is 6.59. The van der Waals surface area contributed by atoms with Gasteiger partial charge in [-0.15, -0.1) is 0 Å². The zero-order valence-corrected chi connectivity index (χ0v) is 12.1. The van der Waals surface area contributed by atoms with Crippen LogP contribution in [0.5, 0.6) is 5.75 Å². The van der Waals surface area contributed by atoms with E-state index >= 15 is 0 Å². The van der Waals surface area contributed by atoms with Crippen molar-refractivity contribution >= 4 is 15.9 Å². The lowest BCUT2D eigenvalue weighted by atomic mass is 9.93. The van der Waals surface area contributed by atoms with Crippen LogP contribution in [0, 0.1) is 5.92 Å². The van der Waals surface area contributed by atoms with Crippen LogP contribution in [-0.2, 0) is 6.54 Å². The SMILES string of the molecule is CC1CCN(Cc2cccc(Br)c2O)C(C)C1. The number of phenolic OH excluding ortho intramolecular Hbond substituents is 1. The van der Waals surface area contributed by atoms with E-state index in [1.54, 1.807) is 0 Å². The molecule has 17 heavy (non-hydrogen) atoms. The first-order valence-electron chi connectivity index (χ1n) is 6.28. The summed E-state index contributed by atoms with van der Waals surface area (Å²) in [7, 11) is 0. The molecule has 0 spiro atoms. The predicted octanol–water partition coefficient (Wildman–Crippen LogP) is 3.78. The van der Waals surface area contributed by atoms with Crippen LogP contribution in [0.25, 0.3) is 0 Å². The number of para-hydroxylation sites is 1. The van der Waals surface area contributed by atoms with Crippen molar-refractivity contribution in [1.82, 2.24) is 4.90 Å². The van der Waals surface area contributed by atoms with Crippen LogP contribution in [0.15, 0.2) is 22.7 Å². The van der Waals surface area contributed by atoms with Gasteiger partial charge in [0.1, 0.15) is 5.75 Å².